The van der Waals surface area contributed by atoms with E-state index in [1.54, 1.807) is 23.2 Å². The van der Waals surface area contributed by atoms with Crippen LogP contribution >= 0.6 is 11.6 Å². The molecule has 1 fully saturated rings. The monoisotopic (exact) mass is 319 g/mol. The van der Waals surface area contributed by atoms with Crippen molar-refractivity contribution >= 4 is 23.3 Å². The minimum absolute atomic E-state index is 0.117. The number of nitrogens with one attached hydrogen (secondary N) is 1. The standard InChI is InChI=1S/C15H18ClN5O/c1-10-7-11(2)21(19-10)13-5-6-20(9-13)15(22)18-12-3-4-14(16)17-8-12/h3-4,7-8,13H,5-6,9H2,1-2H3,(H,18,22)/t13-/m0/s1. The van der Waals surface area contributed by atoms with Gasteiger partial charge in [0.15, 0.2) is 0 Å². The van der Waals surface area contributed by atoms with E-state index in [0.717, 1.165) is 24.4 Å². The molecule has 0 spiro atoms. The number of aromatic nitrogens is 3. The molecule has 0 aliphatic carbocycles. The fourth-order valence-electron chi connectivity index (χ4n) is 2.79. The lowest BCUT2D eigenvalue weighted by molar-refractivity contribution is 0.220. The van der Waals surface area contributed by atoms with E-state index in [9.17, 15) is 4.79 Å². The van der Waals surface area contributed by atoms with Gasteiger partial charge < -0.3 is 10.2 Å². The lowest BCUT2D eigenvalue weighted by Gasteiger charge is -2.18. The number of likely N-dealkylation sites (tertiary alicyclic amines) is 1. The van der Waals surface area contributed by atoms with Crippen molar-refractivity contribution in [1.29, 1.82) is 0 Å². The van der Waals surface area contributed by atoms with Crippen molar-refractivity contribution in [3.63, 3.8) is 0 Å². The molecule has 2 amide bonds. The van der Waals surface area contributed by atoms with Gasteiger partial charge in [0.1, 0.15) is 5.15 Å². The van der Waals surface area contributed by atoms with Crippen molar-refractivity contribution in [2.45, 2.75) is 26.3 Å². The number of carbonyl (C=O) groups is 1. The van der Waals surface area contributed by atoms with E-state index in [1.165, 1.54) is 0 Å². The highest BCUT2D eigenvalue weighted by atomic mass is 35.5. The first-order chi connectivity index (χ1) is 10.5. The van der Waals surface area contributed by atoms with E-state index in [4.69, 9.17) is 11.6 Å². The average molecular weight is 320 g/mol. The van der Waals surface area contributed by atoms with Gasteiger partial charge in [-0.2, -0.15) is 5.10 Å². The van der Waals surface area contributed by atoms with Gasteiger partial charge in [0.2, 0.25) is 0 Å². The van der Waals surface area contributed by atoms with Gasteiger partial charge in [-0.05, 0) is 38.5 Å². The van der Waals surface area contributed by atoms with Crippen LogP contribution in [-0.4, -0.2) is 38.8 Å². The number of anilines is 1. The minimum Gasteiger partial charge on any atom is -0.322 e. The number of pyridine rings is 1. The third-order valence-electron chi connectivity index (χ3n) is 3.82. The smallest absolute Gasteiger partial charge is 0.321 e. The molecule has 1 saturated heterocycles. The minimum atomic E-state index is -0.117. The molecule has 0 saturated carbocycles. The summed E-state index contributed by atoms with van der Waals surface area (Å²) in [5.74, 6) is 0. The predicted molar refractivity (Wildman–Crippen MR) is 85.2 cm³/mol. The Hall–Kier alpha value is -2.08. The number of urea groups is 1. The average Bonchev–Trinajstić information content (AvgIpc) is 3.08. The molecule has 2 aromatic heterocycles. The molecule has 0 bridgehead atoms. The van der Waals surface area contributed by atoms with Crippen LogP contribution in [0.15, 0.2) is 24.4 Å². The number of hydrogen-bond donors (Lipinski definition) is 1. The Balaban J connectivity index is 1.63. The maximum atomic E-state index is 12.3. The van der Waals surface area contributed by atoms with Gasteiger partial charge in [-0.25, -0.2) is 9.78 Å². The van der Waals surface area contributed by atoms with Crippen molar-refractivity contribution in [2.75, 3.05) is 18.4 Å². The molecule has 0 radical (unpaired) electrons. The number of halogens is 1. The van der Waals surface area contributed by atoms with E-state index in [-0.39, 0.29) is 12.1 Å². The van der Waals surface area contributed by atoms with E-state index in [0.29, 0.717) is 17.4 Å². The third-order valence-corrected chi connectivity index (χ3v) is 4.04. The quantitative estimate of drug-likeness (QED) is 0.865. The predicted octanol–water partition coefficient (Wildman–Crippen LogP) is 3.03. The number of rotatable bonds is 2. The van der Waals surface area contributed by atoms with Crippen LogP contribution in [0.5, 0.6) is 0 Å². The Morgan fingerprint density at radius 2 is 2.23 bits per heavy atom. The van der Waals surface area contributed by atoms with Gasteiger partial charge in [0.25, 0.3) is 0 Å². The van der Waals surface area contributed by atoms with Gasteiger partial charge in [-0.3, -0.25) is 4.68 Å². The molecule has 2 aromatic rings. The van der Waals surface area contributed by atoms with Crippen molar-refractivity contribution < 1.29 is 4.79 Å². The van der Waals surface area contributed by atoms with Crippen LogP contribution in [0, 0.1) is 13.8 Å². The maximum Gasteiger partial charge on any atom is 0.321 e. The second-order valence-corrected chi connectivity index (χ2v) is 5.95. The summed E-state index contributed by atoms with van der Waals surface area (Å²) in [6.07, 6.45) is 2.46. The molecule has 1 aliphatic rings. The van der Waals surface area contributed by atoms with Gasteiger partial charge in [-0.1, -0.05) is 11.6 Å². The van der Waals surface area contributed by atoms with Crippen molar-refractivity contribution in [3.8, 4) is 0 Å². The van der Waals surface area contributed by atoms with Crippen LogP contribution < -0.4 is 5.32 Å². The molecule has 22 heavy (non-hydrogen) atoms. The fourth-order valence-corrected chi connectivity index (χ4v) is 2.91. The van der Waals surface area contributed by atoms with E-state index in [2.05, 4.69) is 21.5 Å². The Kier molecular flexibility index (Phi) is 4.02. The Bertz CT molecular complexity index is 682. The Labute approximate surface area is 134 Å². The zero-order valence-corrected chi connectivity index (χ0v) is 13.3. The summed E-state index contributed by atoms with van der Waals surface area (Å²) < 4.78 is 2.02. The topological polar surface area (TPSA) is 63.1 Å². The number of carbonyl (C=O) groups excluding carboxylic acids is 1. The molecule has 1 aliphatic heterocycles. The summed E-state index contributed by atoms with van der Waals surface area (Å²) >= 11 is 5.74. The summed E-state index contributed by atoms with van der Waals surface area (Å²) in [6, 6.07) is 5.57. The molecule has 7 heteroatoms. The number of nitrogens with zero attached hydrogens (tertiary/aromatic N) is 4. The largest absolute Gasteiger partial charge is 0.322 e. The summed E-state index contributed by atoms with van der Waals surface area (Å²) in [7, 11) is 0. The van der Waals surface area contributed by atoms with Crippen LogP contribution in [-0.2, 0) is 0 Å². The summed E-state index contributed by atoms with van der Waals surface area (Å²) in [4.78, 5) is 18.0. The van der Waals surface area contributed by atoms with Gasteiger partial charge >= 0.3 is 6.03 Å². The van der Waals surface area contributed by atoms with Crippen molar-refractivity contribution in [2.24, 2.45) is 0 Å². The van der Waals surface area contributed by atoms with Crippen molar-refractivity contribution in [3.05, 3.63) is 40.9 Å². The number of amides is 2. The zero-order valence-electron chi connectivity index (χ0n) is 12.6. The summed E-state index contributed by atoms with van der Waals surface area (Å²) in [5.41, 5.74) is 2.78. The maximum absolute atomic E-state index is 12.3. The van der Waals surface area contributed by atoms with Gasteiger partial charge in [0.05, 0.1) is 23.6 Å². The molecule has 116 valence electrons. The molecular weight excluding hydrogens is 302 g/mol. The van der Waals surface area contributed by atoms with Crippen LogP contribution in [0.2, 0.25) is 5.15 Å². The van der Waals surface area contributed by atoms with Gasteiger partial charge in [0, 0.05) is 18.8 Å². The molecule has 1 N–H and O–H groups in total. The highest BCUT2D eigenvalue weighted by Gasteiger charge is 2.28. The Morgan fingerprint density at radius 3 is 2.86 bits per heavy atom. The van der Waals surface area contributed by atoms with Crippen molar-refractivity contribution in [1.82, 2.24) is 19.7 Å². The van der Waals surface area contributed by atoms with E-state index in [1.807, 2.05) is 18.5 Å². The second-order valence-electron chi connectivity index (χ2n) is 5.56. The van der Waals surface area contributed by atoms with Crippen LogP contribution in [0.1, 0.15) is 23.9 Å². The fraction of sp³-hybridized carbons (Fsp3) is 0.400. The molecule has 0 aromatic carbocycles. The SMILES string of the molecule is Cc1cc(C)n([C@H]2CCN(C(=O)Nc3ccc(Cl)nc3)C2)n1. The van der Waals surface area contributed by atoms with Crippen LogP contribution in [0.4, 0.5) is 10.5 Å². The highest BCUT2D eigenvalue weighted by Crippen LogP contribution is 2.23. The van der Waals surface area contributed by atoms with E-state index < -0.39 is 0 Å². The summed E-state index contributed by atoms with van der Waals surface area (Å²) in [6.45, 7) is 5.41. The highest BCUT2D eigenvalue weighted by molar-refractivity contribution is 6.29. The molecule has 0 unspecified atom stereocenters. The van der Waals surface area contributed by atoms with Crippen LogP contribution in [0.3, 0.4) is 0 Å². The normalized spacial score (nSPS) is 17.8. The molecule has 3 rings (SSSR count). The second kappa shape index (κ2) is 5.96. The first-order valence-electron chi connectivity index (χ1n) is 7.23. The third kappa shape index (κ3) is 3.06. The Morgan fingerprint density at radius 1 is 1.41 bits per heavy atom. The van der Waals surface area contributed by atoms with Crippen LogP contribution in [0.25, 0.3) is 0 Å². The number of aryl methyl sites for hydroxylation is 2. The molecular formula is C15H18ClN5O. The molecule has 3 heterocycles. The first kappa shape index (κ1) is 14.8. The first-order valence-corrected chi connectivity index (χ1v) is 7.61. The van der Waals surface area contributed by atoms with Gasteiger partial charge in [-0.15, -0.1) is 0 Å². The van der Waals surface area contributed by atoms with E-state index >= 15 is 0 Å². The zero-order chi connectivity index (χ0) is 15.7. The lowest BCUT2D eigenvalue weighted by atomic mass is 10.2. The number of hydrogen-bond acceptors (Lipinski definition) is 3. The molecule has 1 atom stereocenters. The molecule has 6 nitrogen and oxygen atoms in total. The lowest BCUT2D eigenvalue weighted by Crippen LogP contribution is -2.33. The summed E-state index contributed by atoms with van der Waals surface area (Å²) in [5, 5.41) is 7.76.